The number of nitrogens with zero attached hydrogens (tertiary/aromatic N) is 1. The quantitative estimate of drug-likeness (QED) is 0.573. The molecule has 168 valence electrons. The molecule has 2 aromatic carbocycles. The van der Waals surface area contributed by atoms with E-state index in [0.717, 1.165) is 25.2 Å². The van der Waals surface area contributed by atoms with E-state index in [1.165, 1.54) is 25.3 Å². The normalized spacial score (nSPS) is 14.9. The van der Waals surface area contributed by atoms with Crippen molar-refractivity contribution in [2.75, 3.05) is 51.8 Å². The fourth-order valence-corrected chi connectivity index (χ4v) is 4.37. The summed E-state index contributed by atoms with van der Waals surface area (Å²) in [6.45, 7) is 6.25. The number of methoxy groups -OCH3 is 1. The summed E-state index contributed by atoms with van der Waals surface area (Å²) in [7, 11) is -2.25. The van der Waals surface area contributed by atoms with E-state index in [0.29, 0.717) is 43.2 Å². The van der Waals surface area contributed by atoms with Gasteiger partial charge in [0.15, 0.2) is 0 Å². The molecule has 8 nitrogen and oxygen atoms in total. The number of amides is 1. The number of carbonyl (C=O) groups excluding carboxylic acids is 1. The van der Waals surface area contributed by atoms with Crippen LogP contribution in [0.4, 0.5) is 5.69 Å². The molecule has 0 radical (unpaired) electrons. The standard InChI is InChI=1S/C22H29N3O5S/c1-17-4-6-18(7-5-17)22(26)24-20-16-19(8-9-21(20)29-2)31(27,28)23-10-3-11-25-12-14-30-15-13-25/h4-9,16,23H,3,10-15H2,1-2H3,(H,24,26). The van der Waals surface area contributed by atoms with Crippen LogP contribution in [0.3, 0.4) is 0 Å². The van der Waals surface area contributed by atoms with Gasteiger partial charge in [0.1, 0.15) is 5.75 Å². The monoisotopic (exact) mass is 447 g/mol. The maximum absolute atomic E-state index is 12.7. The molecule has 31 heavy (non-hydrogen) atoms. The summed E-state index contributed by atoms with van der Waals surface area (Å²) in [6.07, 6.45) is 0.701. The number of hydrogen-bond donors (Lipinski definition) is 2. The molecule has 0 aliphatic carbocycles. The molecule has 1 heterocycles. The number of morpholine rings is 1. The fraction of sp³-hybridized carbons (Fsp3) is 0.409. The third kappa shape index (κ3) is 6.51. The summed E-state index contributed by atoms with van der Waals surface area (Å²) < 4.78 is 38.7. The maximum Gasteiger partial charge on any atom is 0.255 e. The molecule has 1 aliphatic heterocycles. The number of anilines is 1. The second kappa shape index (κ2) is 10.7. The predicted octanol–water partition coefficient (Wildman–Crippen LogP) is 2.26. The molecule has 3 rings (SSSR count). The van der Waals surface area contributed by atoms with Crippen molar-refractivity contribution < 1.29 is 22.7 Å². The van der Waals surface area contributed by atoms with Gasteiger partial charge in [0, 0.05) is 25.2 Å². The number of sulfonamides is 1. The summed E-state index contributed by atoms with van der Waals surface area (Å²) >= 11 is 0. The van der Waals surface area contributed by atoms with Gasteiger partial charge in [-0.05, 0) is 50.2 Å². The first-order valence-electron chi connectivity index (χ1n) is 10.2. The minimum atomic E-state index is -3.72. The van der Waals surface area contributed by atoms with Gasteiger partial charge in [-0.2, -0.15) is 0 Å². The molecular formula is C22H29N3O5S. The van der Waals surface area contributed by atoms with Crippen LogP contribution in [0.2, 0.25) is 0 Å². The van der Waals surface area contributed by atoms with E-state index in [1.54, 1.807) is 12.1 Å². The third-order valence-corrected chi connectivity index (χ3v) is 6.55. The number of carbonyl (C=O) groups is 1. The van der Waals surface area contributed by atoms with Crippen LogP contribution in [0, 0.1) is 6.92 Å². The summed E-state index contributed by atoms with van der Waals surface area (Å²) in [5.74, 6) is 0.0399. The van der Waals surface area contributed by atoms with E-state index in [1.807, 2.05) is 19.1 Å². The summed E-state index contributed by atoms with van der Waals surface area (Å²) in [5.41, 5.74) is 1.81. The van der Waals surface area contributed by atoms with Gasteiger partial charge < -0.3 is 14.8 Å². The van der Waals surface area contributed by atoms with Crippen molar-refractivity contribution in [1.82, 2.24) is 9.62 Å². The van der Waals surface area contributed by atoms with Crippen LogP contribution in [-0.4, -0.2) is 65.7 Å². The van der Waals surface area contributed by atoms with Crippen LogP contribution in [0.25, 0.3) is 0 Å². The number of benzene rings is 2. The van der Waals surface area contributed by atoms with E-state index in [2.05, 4.69) is 14.9 Å². The zero-order chi connectivity index (χ0) is 22.3. The Labute approximate surface area is 183 Å². The number of nitrogens with one attached hydrogen (secondary N) is 2. The Kier molecular flexibility index (Phi) is 8.03. The molecule has 9 heteroatoms. The van der Waals surface area contributed by atoms with Gasteiger partial charge in [-0.25, -0.2) is 13.1 Å². The first-order valence-corrected chi connectivity index (χ1v) is 11.7. The number of rotatable bonds is 9. The van der Waals surface area contributed by atoms with E-state index in [-0.39, 0.29) is 10.8 Å². The highest BCUT2D eigenvalue weighted by atomic mass is 32.2. The van der Waals surface area contributed by atoms with E-state index >= 15 is 0 Å². The SMILES string of the molecule is COc1ccc(S(=O)(=O)NCCCN2CCOCC2)cc1NC(=O)c1ccc(C)cc1. The molecule has 1 fully saturated rings. The number of ether oxygens (including phenoxy) is 2. The molecule has 0 spiro atoms. The van der Waals surface area contributed by atoms with E-state index in [4.69, 9.17) is 9.47 Å². The first kappa shape index (κ1) is 23.2. The molecule has 0 unspecified atom stereocenters. The van der Waals surface area contributed by atoms with Crippen LogP contribution in [0.1, 0.15) is 22.3 Å². The smallest absolute Gasteiger partial charge is 0.255 e. The molecule has 2 aromatic rings. The molecular weight excluding hydrogens is 418 g/mol. The molecule has 1 aliphatic rings. The van der Waals surface area contributed by atoms with Crippen molar-refractivity contribution in [3.05, 3.63) is 53.6 Å². The molecule has 0 atom stereocenters. The lowest BCUT2D eigenvalue weighted by atomic mass is 10.1. The van der Waals surface area contributed by atoms with E-state index < -0.39 is 10.0 Å². The second-order valence-corrected chi connectivity index (χ2v) is 9.15. The Morgan fingerprint density at radius 3 is 2.52 bits per heavy atom. The fourth-order valence-electron chi connectivity index (χ4n) is 3.27. The van der Waals surface area contributed by atoms with Gasteiger partial charge in [-0.3, -0.25) is 9.69 Å². The Balaban J connectivity index is 1.65. The molecule has 0 aromatic heterocycles. The lowest BCUT2D eigenvalue weighted by molar-refractivity contribution is 0.0376. The highest BCUT2D eigenvalue weighted by Crippen LogP contribution is 2.28. The zero-order valence-corrected chi connectivity index (χ0v) is 18.7. The first-order chi connectivity index (χ1) is 14.9. The molecule has 2 N–H and O–H groups in total. The number of aryl methyl sites for hydroxylation is 1. The summed E-state index contributed by atoms with van der Waals surface area (Å²) in [5, 5.41) is 2.75. The molecule has 1 amide bonds. The Bertz CT molecular complexity index is 987. The van der Waals surface area contributed by atoms with Gasteiger partial charge in [-0.1, -0.05) is 17.7 Å². The minimum Gasteiger partial charge on any atom is -0.495 e. The largest absolute Gasteiger partial charge is 0.495 e. The molecule has 0 bridgehead atoms. The number of hydrogen-bond acceptors (Lipinski definition) is 6. The molecule has 1 saturated heterocycles. The average Bonchev–Trinajstić information content (AvgIpc) is 2.78. The lowest BCUT2D eigenvalue weighted by Gasteiger charge is -2.26. The zero-order valence-electron chi connectivity index (χ0n) is 17.9. The van der Waals surface area contributed by atoms with Crippen molar-refractivity contribution in [2.24, 2.45) is 0 Å². The van der Waals surface area contributed by atoms with Gasteiger partial charge in [0.25, 0.3) is 5.91 Å². The second-order valence-electron chi connectivity index (χ2n) is 7.39. The van der Waals surface area contributed by atoms with Crippen LogP contribution in [-0.2, 0) is 14.8 Å². The highest BCUT2D eigenvalue weighted by molar-refractivity contribution is 7.89. The van der Waals surface area contributed by atoms with Crippen LogP contribution < -0.4 is 14.8 Å². The summed E-state index contributed by atoms with van der Waals surface area (Å²) in [6, 6.07) is 11.5. The van der Waals surface area contributed by atoms with Crippen LogP contribution in [0.15, 0.2) is 47.4 Å². The van der Waals surface area contributed by atoms with Crippen molar-refractivity contribution >= 4 is 21.6 Å². The van der Waals surface area contributed by atoms with Crippen LogP contribution >= 0.6 is 0 Å². The van der Waals surface area contributed by atoms with Gasteiger partial charge >= 0.3 is 0 Å². The van der Waals surface area contributed by atoms with Crippen molar-refractivity contribution in [1.29, 1.82) is 0 Å². The minimum absolute atomic E-state index is 0.0684. The lowest BCUT2D eigenvalue weighted by Crippen LogP contribution is -2.38. The van der Waals surface area contributed by atoms with Crippen molar-refractivity contribution in [3.63, 3.8) is 0 Å². The third-order valence-electron chi connectivity index (χ3n) is 5.09. The van der Waals surface area contributed by atoms with Crippen molar-refractivity contribution in [2.45, 2.75) is 18.2 Å². The van der Waals surface area contributed by atoms with Crippen LogP contribution in [0.5, 0.6) is 5.75 Å². The average molecular weight is 448 g/mol. The van der Waals surface area contributed by atoms with Gasteiger partial charge in [-0.15, -0.1) is 0 Å². The van der Waals surface area contributed by atoms with E-state index in [9.17, 15) is 13.2 Å². The summed E-state index contributed by atoms with van der Waals surface area (Å²) in [4.78, 5) is 14.9. The predicted molar refractivity (Wildman–Crippen MR) is 119 cm³/mol. The Hall–Kier alpha value is -2.46. The van der Waals surface area contributed by atoms with Crippen molar-refractivity contribution in [3.8, 4) is 5.75 Å². The highest BCUT2D eigenvalue weighted by Gasteiger charge is 2.18. The van der Waals surface area contributed by atoms with Gasteiger partial charge in [0.2, 0.25) is 10.0 Å². The molecule has 0 saturated carbocycles. The Morgan fingerprint density at radius 1 is 1.13 bits per heavy atom. The van der Waals surface area contributed by atoms with Gasteiger partial charge in [0.05, 0.1) is 30.9 Å². The maximum atomic E-state index is 12.7. The topological polar surface area (TPSA) is 97.0 Å². The Morgan fingerprint density at radius 2 is 1.84 bits per heavy atom.